The number of hydrazine groups is 1. The molecule has 0 aliphatic rings. The van der Waals surface area contributed by atoms with Gasteiger partial charge in [0.25, 0.3) is 17.5 Å². The van der Waals surface area contributed by atoms with E-state index in [0.717, 1.165) is 4.88 Å². The Bertz CT molecular complexity index is 741. The molecule has 2 amide bonds. The minimum absolute atomic E-state index is 0.0726. The summed E-state index contributed by atoms with van der Waals surface area (Å²) < 4.78 is 5.15. The summed E-state index contributed by atoms with van der Waals surface area (Å²) in [6.07, 6.45) is 2.92. The number of rotatable bonds is 6. The standard InChI is InChI=1S/C15H13N3O5S/c19-14(8-7-13-2-1-9-24-13)16-17-15(20)10-23-12-5-3-11(4-6-12)18(21)22/h1-9H,10H2,(H,16,19)(H,17,20). The van der Waals surface area contributed by atoms with Gasteiger partial charge in [0.1, 0.15) is 5.75 Å². The third kappa shape index (κ3) is 5.54. The van der Waals surface area contributed by atoms with Crippen LogP contribution in [-0.4, -0.2) is 23.3 Å². The molecule has 124 valence electrons. The fourth-order valence-electron chi connectivity index (χ4n) is 1.57. The van der Waals surface area contributed by atoms with Gasteiger partial charge in [-0.05, 0) is 29.7 Å². The Balaban J connectivity index is 1.71. The van der Waals surface area contributed by atoms with Crippen molar-refractivity contribution in [2.24, 2.45) is 0 Å². The average molecular weight is 347 g/mol. The Morgan fingerprint density at radius 1 is 1.21 bits per heavy atom. The van der Waals surface area contributed by atoms with E-state index in [9.17, 15) is 19.7 Å². The molecule has 0 unspecified atom stereocenters. The normalized spacial score (nSPS) is 10.3. The molecule has 0 saturated carbocycles. The van der Waals surface area contributed by atoms with Crippen molar-refractivity contribution in [3.8, 4) is 5.75 Å². The second-order valence-electron chi connectivity index (χ2n) is 4.43. The van der Waals surface area contributed by atoms with Crippen LogP contribution in [0, 0.1) is 10.1 Å². The topological polar surface area (TPSA) is 111 Å². The molecule has 0 aliphatic heterocycles. The van der Waals surface area contributed by atoms with E-state index in [1.165, 1.54) is 41.7 Å². The molecule has 2 aromatic rings. The van der Waals surface area contributed by atoms with Gasteiger partial charge in [0.2, 0.25) is 0 Å². The first-order chi connectivity index (χ1) is 11.5. The smallest absolute Gasteiger partial charge is 0.276 e. The number of nitrogens with one attached hydrogen (secondary N) is 2. The van der Waals surface area contributed by atoms with E-state index >= 15 is 0 Å². The Morgan fingerprint density at radius 2 is 1.96 bits per heavy atom. The van der Waals surface area contributed by atoms with Crippen LogP contribution in [-0.2, 0) is 9.59 Å². The number of carbonyl (C=O) groups is 2. The van der Waals surface area contributed by atoms with Crippen LogP contribution in [0.25, 0.3) is 6.08 Å². The van der Waals surface area contributed by atoms with Gasteiger partial charge < -0.3 is 4.74 Å². The van der Waals surface area contributed by atoms with Crippen LogP contribution in [0.15, 0.2) is 47.9 Å². The van der Waals surface area contributed by atoms with Gasteiger partial charge in [0.15, 0.2) is 6.61 Å². The van der Waals surface area contributed by atoms with Gasteiger partial charge in [-0.25, -0.2) is 0 Å². The Hall–Kier alpha value is -3.20. The highest BCUT2D eigenvalue weighted by Gasteiger charge is 2.07. The molecular weight excluding hydrogens is 334 g/mol. The van der Waals surface area contributed by atoms with E-state index < -0.39 is 16.7 Å². The van der Waals surface area contributed by atoms with Gasteiger partial charge >= 0.3 is 0 Å². The summed E-state index contributed by atoms with van der Waals surface area (Å²) in [4.78, 5) is 33.9. The van der Waals surface area contributed by atoms with Gasteiger partial charge in [0.05, 0.1) is 4.92 Å². The molecule has 1 aromatic heterocycles. The molecule has 9 heteroatoms. The summed E-state index contributed by atoms with van der Waals surface area (Å²) in [5.41, 5.74) is 4.34. The third-order valence-electron chi connectivity index (χ3n) is 2.68. The maximum Gasteiger partial charge on any atom is 0.276 e. The number of hydrogen-bond donors (Lipinski definition) is 2. The monoisotopic (exact) mass is 347 g/mol. The van der Waals surface area contributed by atoms with E-state index in [-0.39, 0.29) is 12.3 Å². The van der Waals surface area contributed by atoms with Gasteiger partial charge in [-0.15, -0.1) is 11.3 Å². The number of benzene rings is 1. The summed E-state index contributed by atoms with van der Waals surface area (Å²) in [5.74, 6) is -0.738. The molecule has 0 aliphatic carbocycles. The minimum Gasteiger partial charge on any atom is -0.484 e. The van der Waals surface area contributed by atoms with Crippen LogP contribution in [0.1, 0.15) is 4.88 Å². The van der Waals surface area contributed by atoms with Crippen LogP contribution in [0.3, 0.4) is 0 Å². The third-order valence-corrected chi connectivity index (χ3v) is 3.52. The highest BCUT2D eigenvalue weighted by atomic mass is 32.1. The SMILES string of the molecule is O=C(C=Cc1cccs1)NNC(=O)COc1ccc([N+](=O)[O-])cc1. The number of nitrogens with zero attached hydrogens (tertiary/aromatic N) is 1. The van der Waals surface area contributed by atoms with Crippen LogP contribution in [0.4, 0.5) is 5.69 Å². The summed E-state index contributed by atoms with van der Waals surface area (Å²) >= 11 is 1.48. The molecule has 0 fully saturated rings. The predicted octanol–water partition coefficient (Wildman–Crippen LogP) is 1.90. The van der Waals surface area contributed by atoms with E-state index in [1.54, 1.807) is 6.08 Å². The van der Waals surface area contributed by atoms with Gasteiger partial charge in [0, 0.05) is 23.1 Å². The van der Waals surface area contributed by atoms with Crippen molar-refractivity contribution >= 4 is 34.9 Å². The maximum absolute atomic E-state index is 11.5. The molecule has 0 saturated heterocycles. The zero-order valence-electron chi connectivity index (χ0n) is 12.3. The first-order valence-electron chi connectivity index (χ1n) is 6.72. The Labute approximate surface area is 140 Å². The number of nitro groups is 1. The summed E-state index contributed by atoms with van der Waals surface area (Å²) in [6.45, 7) is -0.341. The largest absolute Gasteiger partial charge is 0.484 e. The van der Waals surface area contributed by atoms with Crippen molar-refractivity contribution in [2.75, 3.05) is 6.61 Å². The van der Waals surface area contributed by atoms with Crippen molar-refractivity contribution in [3.63, 3.8) is 0 Å². The molecule has 1 heterocycles. The second-order valence-corrected chi connectivity index (χ2v) is 5.41. The second kappa shape index (κ2) is 8.44. The predicted molar refractivity (Wildman–Crippen MR) is 88.2 cm³/mol. The number of hydrogen-bond acceptors (Lipinski definition) is 6. The van der Waals surface area contributed by atoms with E-state index in [2.05, 4.69) is 10.9 Å². The Morgan fingerprint density at radius 3 is 2.58 bits per heavy atom. The van der Waals surface area contributed by atoms with Crippen molar-refractivity contribution in [2.45, 2.75) is 0 Å². The molecule has 24 heavy (non-hydrogen) atoms. The number of amides is 2. The minimum atomic E-state index is -0.564. The fourth-order valence-corrected chi connectivity index (χ4v) is 2.18. The number of nitro benzene ring substituents is 1. The highest BCUT2D eigenvalue weighted by Crippen LogP contribution is 2.17. The highest BCUT2D eigenvalue weighted by molar-refractivity contribution is 7.10. The number of non-ortho nitro benzene ring substituents is 1. The van der Waals surface area contributed by atoms with Gasteiger partial charge in [-0.3, -0.25) is 30.6 Å². The molecule has 0 spiro atoms. The lowest BCUT2D eigenvalue weighted by Gasteiger charge is -2.07. The van der Waals surface area contributed by atoms with E-state index in [1.807, 2.05) is 17.5 Å². The Kier molecular flexibility index (Phi) is 6.03. The van der Waals surface area contributed by atoms with Gasteiger partial charge in [-0.2, -0.15) is 0 Å². The molecule has 2 rings (SSSR count). The number of thiophene rings is 1. The van der Waals surface area contributed by atoms with E-state index in [0.29, 0.717) is 5.75 Å². The average Bonchev–Trinajstić information content (AvgIpc) is 3.10. The van der Waals surface area contributed by atoms with Crippen LogP contribution >= 0.6 is 11.3 Å². The number of ether oxygens (including phenoxy) is 1. The van der Waals surface area contributed by atoms with Crippen molar-refractivity contribution in [1.82, 2.24) is 10.9 Å². The molecular formula is C15H13N3O5S. The zero-order chi connectivity index (χ0) is 17.4. The van der Waals surface area contributed by atoms with Crippen LogP contribution in [0.2, 0.25) is 0 Å². The molecule has 2 N–H and O–H groups in total. The molecule has 1 aromatic carbocycles. The molecule has 8 nitrogen and oxygen atoms in total. The first kappa shape index (κ1) is 17.2. The molecule has 0 atom stereocenters. The lowest BCUT2D eigenvalue weighted by Crippen LogP contribution is -2.43. The molecule has 0 radical (unpaired) electrons. The van der Waals surface area contributed by atoms with E-state index in [4.69, 9.17) is 4.74 Å². The lowest BCUT2D eigenvalue weighted by molar-refractivity contribution is -0.384. The van der Waals surface area contributed by atoms with Crippen molar-refractivity contribution in [3.05, 3.63) is 62.8 Å². The quantitative estimate of drug-likeness (QED) is 0.471. The van der Waals surface area contributed by atoms with Crippen LogP contribution < -0.4 is 15.6 Å². The van der Waals surface area contributed by atoms with Crippen molar-refractivity contribution in [1.29, 1.82) is 0 Å². The van der Waals surface area contributed by atoms with Gasteiger partial charge in [-0.1, -0.05) is 6.07 Å². The van der Waals surface area contributed by atoms with Crippen molar-refractivity contribution < 1.29 is 19.2 Å². The summed E-state index contributed by atoms with van der Waals surface area (Å²) in [7, 11) is 0. The fraction of sp³-hybridized carbons (Fsp3) is 0.0667. The first-order valence-corrected chi connectivity index (χ1v) is 7.60. The summed E-state index contributed by atoms with van der Waals surface area (Å²) in [6, 6.07) is 9.01. The number of carbonyl (C=O) groups excluding carboxylic acids is 2. The summed E-state index contributed by atoms with van der Waals surface area (Å²) in [5, 5.41) is 12.4. The maximum atomic E-state index is 11.5. The molecule has 0 bridgehead atoms. The zero-order valence-corrected chi connectivity index (χ0v) is 13.1. The van der Waals surface area contributed by atoms with Crippen LogP contribution in [0.5, 0.6) is 5.75 Å². The lowest BCUT2D eigenvalue weighted by atomic mass is 10.3.